The van der Waals surface area contributed by atoms with Crippen LogP contribution < -0.4 is 11.1 Å². The molecule has 3 N–H and O–H groups in total. The fourth-order valence-electron chi connectivity index (χ4n) is 0.948. The number of nitrogens with zero attached hydrogens (tertiary/aromatic N) is 1. The summed E-state index contributed by atoms with van der Waals surface area (Å²) >= 11 is 0. The fourth-order valence-corrected chi connectivity index (χ4v) is 0.948. The molecule has 0 unspecified atom stereocenters. The van der Waals surface area contributed by atoms with E-state index in [-0.39, 0.29) is 0 Å². The number of nitrogens with one attached hydrogen (secondary N) is 1. The van der Waals surface area contributed by atoms with E-state index in [4.69, 9.17) is 19.9 Å². The Bertz CT molecular complexity index is 177. The second-order valence-electron chi connectivity index (χ2n) is 3.15. The summed E-state index contributed by atoms with van der Waals surface area (Å²) in [6.07, 6.45) is 0.858. The largest absolute Gasteiger partial charge is 0.383 e. The number of nitrogens with two attached hydrogens (primary N) is 1. The van der Waals surface area contributed by atoms with Crippen molar-refractivity contribution < 1.29 is 14.2 Å². The van der Waals surface area contributed by atoms with E-state index < -0.39 is 0 Å². The molecular formula is C10H23N3O3. The minimum Gasteiger partial charge on any atom is -0.383 e. The monoisotopic (exact) mass is 233 g/mol. The van der Waals surface area contributed by atoms with Gasteiger partial charge < -0.3 is 25.3 Å². The number of hydrogen-bond acceptors (Lipinski definition) is 4. The van der Waals surface area contributed by atoms with Crippen LogP contribution in [0.2, 0.25) is 0 Å². The van der Waals surface area contributed by atoms with Crippen molar-refractivity contribution in [2.45, 2.75) is 6.42 Å². The van der Waals surface area contributed by atoms with Crippen molar-refractivity contribution in [3.05, 3.63) is 0 Å². The Morgan fingerprint density at radius 1 is 1.12 bits per heavy atom. The lowest BCUT2D eigenvalue weighted by Crippen LogP contribution is -2.34. The predicted octanol–water partition coefficient (Wildman–Crippen LogP) is -0.410. The van der Waals surface area contributed by atoms with Crippen molar-refractivity contribution in [1.29, 1.82) is 0 Å². The van der Waals surface area contributed by atoms with Crippen LogP contribution in [0, 0.1) is 0 Å². The lowest BCUT2D eigenvalue weighted by atomic mass is 10.4. The summed E-state index contributed by atoms with van der Waals surface area (Å²) in [4.78, 5) is 4.13. The Labute approximate surface area is 97.1 Å². The zero-order valence-corrected chi connectivity index (χ0v) is 10.2. The molecular weight excluding hydrogens is 210 g/mol. The van der Waals surface area contributed by atoms with Gasteiger partial charge in [-0.2, -0.15) is 0 Å². The summed E-state index contributed by atoms with van der Waals surface area (Å²) in [6.45, 7) is 3.90. The summed E-state index contributed by atoms with van der Waals surface area (Å²) < 4.78 is 15.0. The predicted molar refractivity (Wildman–Crippen MR) is 63.7 cm³/mol. The lowest BCUT2D eigenvalue weighted by Gasteiger charge is -2.05. The standard InChI is InChI=1S/C10H23N3O3/c1-14-7-5-13-10(11)12-4-3-6-16-9-8-15-2/h3-9H2,1-2H3,(H3,11,12,13). The van der Waals surface area contributed by atoms with Crippen LogP contribution in [-0.2, 0) is 14.2 Å². The van der Waals surface area contributed by atoms with Gasteiger partial charge in [0, 0.05) is 33.9 Å². The van der Waals surface area contributed by atoms with Crippen LogP contribution in [0.1, 0.15) is 6.42 Å². The highest BCUT2D eigenvalue weighted by Crippen LogP contribution is 1.84. The molecule has 6 nitrogen and oxygen atoms in total. The molecule has 0 bridgehead atoms. The highest BCUT2D eigenvalue weighted by Gasteiger charge is 1.91. The highest BCUT2D eigenvalue weighted by atomic mass is 16.5. The van der Waals surface area contributed by atoms with E-state index in [0.717, 1.165) is 6.42 Å². The van der Waals surface area contributed by atoms with E-state index >= 15 is 0 Å². The first-order chi connectivity index (χ1) is 7.81. The van der Waals surface area contributed by atoms with Crippen molar-refractivity contribution in [3.8, 4) is 0 Å². The van der Waals surface area contributed by atoms with Gasteiger partial charge in [-0.25, -0.2) is 0 Å². The zero-order chi connectivity index (χ0) is 12.1. The quantitative estimate of drug-likeness (QED) is 0.305. The van der Waals surface area contributed by atoms with Crippen molar-refractivity contribution in [2.24, 2.45) is 10.7 Å². The van der Waals surface area contributed by atoms with Crippen LogP contribution in [0.5, 0.6) is 0 Å². The Morgan fingerprint density at radius 3 is 2.56 bits per heavy atom. The molecule has 0 fully saturated rings. The fraction of sp³-hybridized carbons (Fsp3) is 0.900. The smallest absolute Gasteiger partial charge is 0.188 e. The van der Waals surface area contributed by atoms with Gasteiger partial charge in [-0.3, -0.25) is 4.99 Å². The third-order valence-corrected chi connectivity index (χ3v) is 1.77. The van der Waals surface area contributed by atoms with Crippen LogP contribution in [0.4, 0.5) is 0 Å². The van der Waals surface area contributed by atoms with Crippen LogP contribution in [0.3, 0.4) is 0 Å². The average molecular weight is 233 g/mol. The van der Waals surface area contributed by atoms with E-state index in [0.29, 0.717) is 45.5 Å². The second kappa shape index (κ2) is 12.2. The number of rotatable bonds is 10. The SMILES string of the molecule is COCCNC(N)=NCCCOCCOC. The Balaban J connectivity index is 3.23. The first-order valence-corrected chi connectivity index (χ1v) is 5.40. The van der Waals surface area contributed by atoms with Gasteiger partial charge in [0.05, 0.1) is 19.8 Å². The summed E-state index contributed by atoms with van der Waals surface area (Å²) in [5.74, 6) is 0.453. The summed E-state index contributed by atoms with van der Waals surface area (Å²) in [6, 6.07) is 0. The molecule has 6 heteroatoms. The van der Waals surface area contributed by atoms with Crippen LogP contribution in [-0.4, -0.2) is 59.7 Å². The van der Waals surface area contributed by atoms with Crippen molar-refractivity contribution in [1.82, 2.24) is 5.32 Å². The number of ether oxygens (including phenoxy) is 3. The first-order valence-electron chi connectivity index (χ1n) is 5.40. The molecule has 0 rings (SSSR count). The molecule has 0 aliphatic heterocycles. The minimum atomic E-state index is 0.453. The molecule has 0 aliphatic rings. The molecule has 0 saturated carbocycles. The summed E-state index contributed by atoms with van der Waals surface area (Å²) in [5.41, 5.74) is 5.60. The van der Waals surface area contributed by atoms with Crippen molar-refractivity contribution in [3.63, 3.8) is 0 Å². The van der Waals surface area contributed by atoms with Crippen molar-refractivity contribution in [2.75, 3.05) is 53.7 Å². The van der Waals surface area contributed by atoms with Gasteiger partial charge in [-0.05, 0) is 6.42 Å². The van der Waals surface area contributed by atoms with Gasteiger partial charge in [-0.15, -0.1) is 0 Å². The molecule has 0 saturated heterocycles. The lowest BCUT2D eigenvalue weighted by molar-refractivity contribution is 0.0702. The molecule has 0 atom stereocenters. The topological polar surface area (TPSA) is 78.1 Å². The Morgan fingerprint density at radius 2 is 1.88 bits per heavy atom. The van der Waals surface area contributed by atoms with Gasteiger partial charge in [-0.1, -0.05) is 0 Å². The second-order valence-corrected chi connectivity index (χ2v) is 3.15. The maximum Gasteiger partial charge on any atom is 0.188 e. The first kappa shape index (κ1) is 15.2. The van der Waals surface area contributed by atoms with E-state index in [9.17, 15) is 0 Å². The molecule has 0 aromatic rings. The minimum absolute atomic E-state index is 0.453. The van der Waals surface area contributed by atoms with E-state index in [1.165, 1.54) is 0 Å². The van der Waals surface area contributed by atoms with Crippen LogP contribution in [0.15, 0.2) is 4.99 Å². The molecule has 0 amide bonds. The third-order valence-electron chi connectivity index (χ3n) is 1.77. The molecule has 0 spiro atoms. The summed E-state index contributed by atoms with van der Waals surface area (Å²) in [7, 11) is 3.30. The molecule has 0 heterocycles. The Kier molecular flexibility index (Phi) is 11.6. The molecule has 0 aromatic heterocycles. The van der Waals surface area contributed by atoms with E-state index in [1.54, 1.807) is 14.2 Å². The highest BCUT2D eigenvalue weighted by molar-refractivity contribution is 5.77. The van der Waals surface area contributed by atoms with E-state index in [2.05, 4.69) is 10.3 Å². The van der Waals surface area contributed by atoms with Gasteiger partial charge in [0.1, 0.15) is 0 Å². The number of methoxy groups -OCH3 is 2. The number of aliphatic imine (C=N–C) groups is 1. The maximum absolute atomic E-state index is 5.60. The van der Waals surface area contributed by atoms with Gasteiger partial charge in [0.15, 0.2) is 5.96 Å². The molecule has 0 aliphatic carbocycles. The molecule has 0 radical (unpaired) electrons. The number of hydrogen-bond donors (Lipinski definition) is 2. The van der Waals surface area contributed by atoms with Gasteiger partial charge in [0.25, 0.3) is 0 Å². The number of guanidine groups is 1. The van der Waals surface area contributed by atoms with Crippen molar-refractivity contribution >= 4 is 5.96 Å². The zero-order valence-electron chi connectivity index (χ0n) is 10.2. The molecule has 16 heavy (non-hydrogen) atoms. The third kappa shape index (κ3) is 11.2. The summed E-state index contributed by atoms with van der Waals surface area (Å²) in [5, 5.41) is 2.94. The normalized spacial score (nSPS) is 11.8. The van der Waals surface area contributed by atoms with Crippen LogP contribution in [0.25, 0.3) is 0 Å². The van der Waals surface area contributed by atoms with Gasteiger partial charge >= 0.3 is 0 Å². The maximum atomic E-state index is 5.60. The average Bonchev–Trinajstić information content (AvgIpc) is 2.28. The Hall–Kier alpha value is -0.850. The molecule has 0 aromatic carbocycles. The van der Waals surface area contributed by atoms with Gasteiger partial charge in [0.2, 0.25) is 0 Å². The molecule has 96 valence electrons. The van der Waals surface area contributed by atoms with Crippen LogP contribution >= 0.6 is 0 Å². The van der Waals surface area contributed by atoms with E-state index in [1.807, 2.05) is 0 Å².